The normalized spacial score (nSPS) is 10.1. The molecule has 0 aliphatic heterocycles. The molecule has 0 bridgehead atoms. The van der Waals surface area contributed by atoms with Crippen molar-refractivity contribution in [2.75, 3.05) is 0 Å². The fourth-order valence-corrected chi connectivity index (χ4v) is 2.54. The van der Waals surface area contributed by atoms with Crippen LogP contribution in [0, 0.1) is 6.92 Å². The molecular formula is C19H22N2O. The molecule has 3 heteroatoms. The van der Waals surface area contributed by atoms with Crippen LogP contribution in [0.15, 0.2) is 54.7 Å². The van der Waals surface area contributed by atoms with Crippen molar-refractivity contribution in [3.8, 4) is 0 Å². The van der Waals surface area contributed by atoms with Crippen LogP contribution < -0.4 is 5.73 Å². The number of amides is 1. The van der Waals surface area contributed by atoms with Crippen LogP contribution in [0.25, 0.3) is 10.9 Å². The Balaban J connectivity index is 0.000000847. The minimum atomic E-state index is -0.387. The second-order valence-corrected chi connectivity index (χ2v) is 5.02. The minimum absolute atomic E-state index is 0.387. The number of carbonyl (C=O) groups excluding carboxylic acids is 1. The maximum Gasteiger partial charge on any atom is 0.248 e. The Kier molecular flexibility index (Phi) is 4.99. The smallest absolute Gasteiger partial charge is 0.248 e. The van der Waals surface area contributed by atoms with Crippen LogP contribution in [0.3, 0.4) is 0 Å². The molecule has 2 aromatic carbocycles. The number of nitrogens with zero attached hydrogens (tertiary/aromatic N) is 1. The molecule has 114 valence electrons. The lowest BCUT2D eigenvalue weighted by Crippen LogP contribution is -2.10. The largest absolute Gasteiger partial charge is 0.366 e. The van der Waals surface area contributed by atoms with Gasteiger partial charge in [-0.3, -0.25) is 4.79 Å². The number of aryl methyl sites for hydroxylation is 1. The van der Waals surface area contributed by atoms with Gasteiger partial charge in [0, 0.05) is 29.2 Å². The van der Waals surface area contributed by atoms with Gasteiger partial charge in [-0.1, -0.05) is 44.2 Å². The van der Waals surface area contributed by atoms with Gasteiger partial charge >= 0.3 is 0 Å². The number of aromatic nitrogens is 1. The Morgan fingerprint density at radius 2 is 1.77 bits per heavy atom. The molecule has 0 aliphatic carbocycles. The van der Waals surface area contributed by atoms with Crippen LogP contribution in [0.2, 0.25) is 0 Å². The summed E-state index contributed by atoms with van der Waals surface area (Å²) < 4.78 is 2.20. The summed E-state index contributed by atoms with van der Waals surface area (Å²) in [5.41, 5.74) is 9.42. The van der Waals surface area contributed by atoms with Crippen molar-refractivity contribution in [3.05, 3.63) is 71.4 Å². The molecule has 0 atom stereocenters. The van der Waals surface area contributed by atoms with E-state index in [4.69, 9.17) is 5.73 Å². The van der Waals surface area contributed by atoms with E-state index in [-0.39, 0.29) is 5.91 Å². The Bertz CT molecular complexity index is 773. The number of primary amides is 1. The van der Waals surface area contributed by atoms with Crippen LogP contribution in [0.4, 0.5) is 0 Å². The number of benzene rings is 2. The van der Waals surface area contributed by atoms with E-state index in [1.807, 2.05) is 44.2 Å². The molecule has 22 heavy (non-hydrogen) atoms. The number of hydrogen-bond donors (Lipinski definition) is 1. The molecular weight excluding hydrogens is 272 g/mol. The molecule has 1 aromatic heterocycles. The Hall–Kier alpha value is -2.55. The number of hydrogen-bond acceptors (Lipinski definition) is 1. The molecule has 3 nitrogen and oxygen atoms in total. The molecule has 1 amide bonds. The summed E-state index contributed by atoms with van der Waals surface area (Å²) >= 11 is 0. The average molecular weight is 294 g/mol. The summed E-state index contributed by atoms with van der Waals surface area (Å²) in [5.74, 6) is -0.387. The highest BCUT2D eigenvalue weighted by molar-refractivity contribution is 5.98. The number of fused-ring (bicyclic) bond motifs is 1. The number of carbonyl (C=O) groups is 1. The SMILES string of the molecule is CC.Cc1cn(Cc2ccccc2)c2ccc(C(N)=O)cc12. The zero-order chi connectivity index (χ0) is 16.1. The summed E-state index contributed by atoms with van der Waals surface area (Å²) in [6.45, 7) is 6.87. The van der Waals surface area contributed by atoms with E-state index >= 15 is 0 Å². The monoisotopic (exact) mass is 294 g/mol. The van der Waals surface area contributed by atoms with Crippen molar-refractivity contribution in [1.82, 2.24) is 4.57 Å². The van der Waals surface area contributed by atoms with E-state index in [9.17, 15) is 4.79 Å². The first kappa shape index (κ1) is 15.8. The Morgan fingerprint density at radius 3 is 2.41 bits per heavy atom. The first-order valence-corrected chi connectivity index (χ1v) is 7.58. The van der Waals surface area contributed by atoms with Gasteiger partial charge in [0.05, 0.1) is 0 Å². The van der Waals surface area contributed by atoms with Gasteiger partial charge in [-0.15, -0.1) is 0 Å². The second kappa shape index (κ2) is 6.94. The molecule has 0 fully saturated rings. The highest BCUT2D eigenvalue weighted by atomic mass is 16.1. The molecule has 3 aromatic rings. The van der Waals surface area contributed by atoms with Gasteiger partial charge in [0.1, 0.15) is 0 Å². The average Bonchev–Trinajstić information content (AvgIpc) is 2.86. The van der Waals surface area contributed by atoms with Gasteiger partial charge in [0.15, 0.2) is 0 Å². The van der Waals surface area contributed by atoms with Crippen molar-refractivity contribution in [3.63, 3.8) is 0 Å². The van der Waals surface area contributed by atoms with Gasteiger partial charge in [0.25, 0.3) is 0 Å². The number of rotatable bonds is 3. The van der Waals surface area contributed by atoms with E-state index in [0.29, 0.717) is 5.56 Å². The molecule has 0 saturated heterocycles. The van der Waals surface area contributed by atoms with Crippen molar-refractivity contribution >= 4 is 16.8 Å². The minimum Gasteiger partial charge on any atom is -0.366 e. The van der Waals surface area contributed by atoms with Gasteiger partial charge in [0.2, 0.25) is 5.91 Å². The van der Waals surface area contributed by atoms with Gasteiger partial charge < -0.3 is 10.3 Å². The zero-order valence-corrected chi connectivity index (χ0v) is 13.3. The quantitative estimate of drug-likeness (QED) is 0.776. The molecule has 0 radical (unpaired) electrons. The van der Waals surface area contributed by atoms with Crippen molar-refractivity contribution in [2.45, 2.75) is 27.3 Å². The predicted molar refractivity (Wildman–Crippen MR) is 92.1 cm³/mol. The predicted octanol–water partition coefficient (Wildman–Crippen LogP) is 4.12. The van der Waals surface area contributed by atoms with Crippen LogP contribution in [-0.4, -0.2) is 10.5 Å². The Labute approximate surface area is 131 Å². The van der Waals surface area contributed by atoms with Gasteiger partial charge in [-0.25, -0.2) is 0 Å². The lowest BCUT2D eigenvalue weighted by molar-refractivity contribution is 0.100. The third kappa shape index (κ3) is 3.19. The van der Waals surface area contributed by atoms with Crippen LogP contribution in [0.1, 0.15) is 35.3 Å². The van der Waals surface area contributed by atoms with Crippen molar-refractivity contribution < 1.29 is 4.79 Å². The summed E-state index contributed by atoms with van der Waals surface area (Å²) in [4.78, 5) is 11.3. The van der Waals surface area contributed by atoms with E-state index in [1.165, 1.54) is 5.56 Å². The number of nitrogens with two attached hydrogens (primary N) is 1. The van der Waals surface area contributed by atoms with Gasteiger partial charge in [-0.05, 0) is 36.2 Å². The molecule has 2 N–H and O–H groups in total. The fourth-order valence-electron chi connectivity index (χ4n) is 2.54. The van der Waals surface area contributed by atoms with Crippen molar-refractivity contribution in [2.24, 2.45) is 5.73 Å². The highest BCUT2D eigenvalue weighted by Gasteiger charge is 2.08. The Morgan fingerprint density at radius 1 is 1.09 bits per heavy atom. The molecule has 1 heterocycles. The van der Waals surface area contributed by atoms with Gasteiger partial charge in [-0.2, -0.15) is 0 Å². The van der Waals surface area contributed by atoms with E-state index in [0.717, 1.165) is 23.0 Å². The molecule has 3 rings (SSSR count). The van der Waals surface area contributed by atoms with Crippen molar-refractivity contribution in [1.29, 1.82) is 0 Å². The summed E-state index contributed by atoms with van der Waals surface area (Å²) in [6.07, 6.45) is 2.11. The highest BCUT2D eigenvalue weighted by Crippen LogP contribution is 2.23. The topological polar surface area (TPSA) is 48.0 Å². The fraction of sp³-hybridized carbons (Fsp3) is 0.211. The van der Waals surface area contributed by atoms with E-state index < -0.39 is 0 Å². The summed E-state index contributed by atoms with van der Waals surface area (Å²) in [6, 6.07) is 15.9. The second-order valence-electron chi connectivity index (χ2n) is 5.02. The molecule has 0 aliphatic rings. The summed E-state index contributed by atoms with van der Waals surface area (Å²) in [5, 5.41) is 1.08. The third-order valence-electron chi connectivity index (χ3n) is 3.56. The first-order chi connectivity index (χ1) is 10.6. The lowest BCUT2D eigenvalue weighted by Gasteiger charge is -2.06. The van der Waals surface area contributed by atoms with Crippen LogP contribution in [0.5, 0.6) is 0 Å². The maximum atomic E-state index is 11.3. The molecule has 0 spiro atoms. The molecule has 0 saturated carbocycles. The first-order valence-electron chi connectivity index (χ1n) is 7.58. The van der Waals surface area contributed by atoms with E-state index in [1.54, 1.807) is 6.07 Å². The summed E-state index contributed by atoms with van der Waals surface area (Å²) in [7, 11) is 0. The zero-order valence-electron chi connectivity index (χ0n) is 13.3. The molecule has 0 unspecified atom stereocenters. The third-order valence-corrected chi connectivity index (χ3v) is 3.56. The lowest BCUT2D eigenvalue weighted by atomic mass is 10.1. The maximum absolute atomic E-state index is 11.3. The van der Waals surface area contributed by atoms with Crippen LogP contribution in [-0.2, 0) is 6.54 Å². The van der Waals surface area contributed by atoms with Crippen LogP contribution >= 0.6 is 0 Å². The van der Waals surface area contributed by atoms with E-state index in [2.05, 4.69) is 29.8 Å². The standard InChI is InChI=1S/C17H16N2O.C2H6/c1-12-10-19(11-13-5-3-2-4-6-13)16-8-7-14(17(18)20)9-15(12)16;1-2/h2-10H,11H2,1H3,(H2,18,20);1-2H3.